The SMILES string of the molecule is [C-]#[O+].[C-]#[O+].[C-]#[O+].[C-]#[O+].[C-]#[O+].[Cr].[Li].[Li]. The van der Waals surface area contributed by atoms with Crippen LogP contribution in [-0.4, -0.2) is 37.7 Å². The molecule has 0 rings (SSSR count). The minimum Gasteiger partial charge on any atom is 0 e. The van der Waals surface area contributed by atoms with E-state index in [0.29, 0.717) is 0 Å². The van der Waals surface area contributed by atoms with E-state index in [-0.39, 0.29) is 55.1 Å². The minimum absolute atomic E-state index is 0. The van der Waals surface area contributed by atoms with Gasteiger partial charge in [-0.15, -0.1) is 0 Å². The van der Waals surface area contributed by atoms with Crippen molar-refractivity contribution in [2.45, 2.75) is 0 Å². The van der Waals surface area contributed by atoms with Crippen molar-refractivity contribution in [1.29, 1.82) is 0 Å². The van der Waals surface area contributed by atoms with E-state index in [4.69, 9.17) is 23.3 Å². The zero-order valence-corrected chi connectivity index (χ0v) is 8.22. The van der Waals surface area contributed by atoms with Gasteiger partial charge in [-0.1, -0.05) is 0 Å². The normalized spacial score (nSPS) is 0.769. The maximum Gasteiger partial charge on any atom is 0 e. The fourth-order valence-electron chi connectivity index (χ4n) is 0. The Labute approximate surface area is 111 Å². The summed E-state index contributed by atoms with van der Waals surface area (Å²) in [6, 6.07) is 0. The van der Waals surface area contributed by atoms with E-state index in [0.717, 1.165) is 0 Å². The average molecular weight is 206 g/mol. The maximum atomic E-state index is 7.50. The first-order valence-corrected chi connectivity index (χ1v) is 1.02. The summed E-state index contributed by atoms with van der Waals surface area (Å²) < 4.78 is 37.5. The molecule has 0 atom stereocenters. The number of rotatable bonds is 0. The summed E-state index contributed by atoms with van der Waals surface area (Å²) in [5, 5.41) is 0. The molecule has 0 aromatic heterocycles. The molecule has 0 heterocycles. The summed E-state index contributed by atoms with van der Waals surface area (Å²) in [6.07, 6.45) is 0. The fourth-order valence-corrected chi connectivity index (χ4v) is 0. The quantitative estimate of drug-likeness (QED) is 0.277. The van der Waals surface area contributed by atoms with Crippen molar-refractivity contribution in [1.82, 2.24) is 0 Å². The van der Waals surface area contributed by atoms with Gasteiger partial charge in [-0.2, -0.15) is 0 Å². The molecule has 5 nitrogen and oxygen atoms in total. The van der Waals surface area contributed by atoms with Crippen molar-refractivity contribution in [3.63, 3.8) is 0 Å². The third kappa shape index (κ3) is 7400. The molecule has 0 aliphatic carbocycles. The monoisotopic (exact) mass is 206 g/mol. The van der Waals surface area contributed by atoms with E-state index < -0.39 is 0 Å². The van der Waals surface area contributed by atoms with Gasteiger partial charge in [0, 0.05) is 55.1 Å². The first kappa shape index (κ1) is 70.4. The number of hydrogen-bond donors (Lipinski definition) is 0. The van der Waals surface area contributed by atoms with Gasteiger partial charge < -0.3 is 0 Å². The van der Waals surface area contributed by atoms with E-state index in [2.05, 4.69) is 33.3 Å². The minimum atomic E-state index is 0. The fraction of sp³-hybridized carbons (Fsp3) is 0. The topological polar surface area (TPSA) is 99.5 Å². The molecule has 0 fully saturated rings. The Kier molecular flexibility index (Phi) is 48100. The van der Waals surface area contributed by atoms with E-state index in [1.165, 1.54) is 0 Å². The second-order valence-electron chi connectivity index (χ2n) is 0. The molecule has 58 valence electrons. The van der Waals surface area contributed by atoms with Gasteiger partial charge in [0.1, 0.15) is 0 Å². The maximum absolute atomic E-state index is 7.50. The summed E-state index contributed by atoms with van der Waals surface area (Å²) in [7, 11) is 0. The molecule has 0 aliphatic rings. The van der Waals surface area contributed by atoms with Crippen molar-refractivity contribution in [2.75, 3.05) is 0 Å². The molecule has 8 heteroatoms. The molecule has 0 saturated carbocycles. The van der Waals surface area contributed by atoms with Crippen molar-refractivity contribution in [3.8, 4) is 0 Å². The van der Waals surface area contributed by atoms with Crippen LogP contribution < -0.4 is 0 Å². The summed E-state index contributed by atoms with van der Waals surface area (Å²) >= 11 is 0. The van der Waals surface area contributed by atoms with Gasteiger partial charge in [-0.05, 0) is 0 Å². The van der Waals surface area contributed by atoms with Gasteiger partial charge in [0.2, 0.25) is 0 Å². The molecule has 0 bridgehead atoms. The van der Waals surface area contributed by atoms with Crippen molar-refractivity contribution in [3.05, 3.63) is 33.3 Å². The van der Waals surface area contributed by atoms with Gasteiger partial charge in [0.15, 0.2) is 0 Å². The van der Waals surface area contributed by atoms with Gasteiger partial charge in [-0.3, -0.25) is 0 Å². The zero-order valence-electron chi connectivity index (χ0n) is 6.95. The predicted molar refractivity (Wildman–Crippen MR) is 31.2 cm³/mol. The van der Waals surface area contributed by atoms with E-state index in [1.807, 2.05) is 0 Å². The third-order valence-corrected chi connectivity index (χ3v) is 0. The van der Waals surface area contributed by atoms with E-state index >= 15 is 0 Å². The van der Waals surface area contributed by atoms with Gasteiger partial charge in [-0.25, -0.2) is 0 Å². The Morgan fingerprint density at radius 3 is 0.385 bits per heavy atom. The zero-order chi connectivity index (χ0) is 10.0. The van der Waals surface area contributed by atoms with Crippen molar-refractivity contribution in [2.24, 2.45) is 0 Å². The number of hydrogen-bond acceptors (Lipinski definition) is 0. The average Bonchev–Trinajstić information content (AvgIpc) is 2.20. The van der Waals surface area contributed by atoms with Crippen molar-refractivity contribution < 1.29 is 40.6 Å². The van der Waals surface area contributed by atoms with Crippen LogP contribution in [0.25, 0.3) is 0 Å². The van der Waals surface area contributed by atoms with Crippen LogP contribution in [0.15, 0.2) is 0 Å². The predicted octanol–water partition coefficient (Wildman–Crippen LogP) is -0.952. The van der Waals surface area contributed by atoms with Gasteiger partial charge in [0.05, 0.1) is 0 Å². The second kappa shape index (κ2) is 8890. The Hall–Kier alpha value is 0.427. The smallest absolute Gasteiger partial charge is 0 e. The van der Waals surface area contributed by atoms with Crippen LogP contribution in [0.4, 0.5) is 0 Å². The Morgan fingerprint density at radius 1 is 0.385 bits per heavy atom. The molecule has 0 unspecified atom stereocenters. The standard InChI is InChI=1S/5CO.Cr.2Li/c5*1-2;;;. The molecular formula is C5CrLi2O5. The van der Waals surface area contributed by atoms with Crippen LogP contribution in [0.2, 0.25) is 0 Å². The summed E-state index contributed by atoms with van der Waals surface area (Å²) in [5.41, 5.74) is 0. The molecule has 0 aliphatic heterocycles. The Balaban J connectivity index is -0.00000000379. The van der Waals surface area contributed by atoms with Gasteiger partial charge >= 0.3 is 56.5 Å². The molecule has 0 spiro atoms. The molecule has 0 amide bonds. The molecule has 0 saturated heterocycles. The van der Waals surface area contributed by atoms with Crippen LogP contribution in [0, 0.1) is 33.3 Å². The van der Waals surface area contributed by atoms with E-state index in [9.17, 15) is 0 Å². The van der Waals surface area contributed by atoms with Gasteiger partial charge in [0.25, 0.3) is 0 Å². The van der Waals surface area contributed by atoms with Crippen LogP contribution in [0.5, 0.6) is 0 Å². The molecule has 0 aromatic carbocycles. The Bertz CT molecular complexity index is 81.5. The molecule has 13 heavy (non-hydrogen) atoms. The first-order chi connectivity index (χ1) is 5.00. The van der Waals surface area contributed by atoms with Crippen LogP contribution in [-0.2, 0) is 40.6 Å². The van der Waals surface area contributed by atoms with Crippen LogP contribution in [0.1, 0.15) is 0 Å². The van der Waals surface area contributed by atoms with E-state index in [1.54, 1.807) is 0 Å². The van der Waals surface area contributed by atoms with Crippen LogP contribution >= 0.6 is 0 Å². The molecule has 0 aromatic rings. The molecular weight excluding hydrogens is 206 g/mol. The Morgan fingerprint density at radius 2 is 0.385 bits per heavy atom. The summed E-state index contributed by atoms with van der Waals surface area (Å²) in [6.45, 7) is 22.5. The summed E-state index contributed by atoms with van der Waals surface area (Å²) in [5.74, 6) is 0. The second-order valence-corrected chi connectivity index (χ2v) is 0. The summed E-state index contributed by atoms with van der Waals surface area (Å²) in [4.78, 5) is 0. The largest absolute Gasteiger partial charge is 0 e. The van der Waals surface area contributed by atoms with Crippen LogP contribution in [0.3, 0.4) is 0 Å². The molecule has 2 radical (unpaired) electrons. The van der Waals surface area contributed by atoms with Crippen molar-refractivity contribution >= 4 is 37.7 Å². The molecule has 0 N–H and O–H groups in total. The first-order valence-electron chi connectivity index (χ1n) is 1.02. The third-order valence-electron chi connectivity index (χ3n) is 0.